The molecule has 1 aliphatic rings. The van der Waals surface area contributed by atoms with Crippen molar-refractivity contribution in [2.45, 2.75) is 58.9 Å². The summed E-state index contributed by atoms with van der Waals surface area (Å²) in [6.45, 7) is 8.15. The Balaban J connectivity index is 2.40. The Labute approximate surface area is 105 Å². The summed E-state index contributed by atoms with van der Waals surface area (Å²) in [7, 11) is 0. The molecule has 17 heavy (non-hydrogen) atoms. The quantitative estimate of drug-likeness (QED) is 0.802. The minimum atomic E-state index is -0.220. The Morgan fingerprint density at radius 2 is 2.06 bits per heavy atom. The van der Waals surface area contributed by atoms with Gasteiger partial charge in [0.25, 0.3) is 0 Å². The third kappa shape index (κ3) is 4.76. The van der Waals surface area contributed by atoms with Gasteiger partial charge in [-0.05, 0) is 25.8 Å². The molecule has 1 fully saturated rings. The monoisotopic (exact) mass is 241 g/mol. The lowest BCUT2D eigenvalue weighted by atomic mass is 9.88. The maximum Gasteiger partial charge on any atom is 0.139 e. The third-order valence-electron chi connectivity index (χ3n) is 3.67. The van der Waals surface area contributed by atoms with E-state index in [0.717, 1.165) is 19.5 Å². The lowest BCUT2D eigenvalue weighted by Crippen LogP contribution is -2.41. The van der Waals surface area contributed by atoms with Gasteiger partial charge in [0.2, 0.25) is 0 Å². The first-order valence-corrected chi connectivity index (χ1v) is 6.83. The summed E-state index contributed by atoms with van der Waals surface area (Å²) in [5.74, 6) is 0.339. The van der Waals surface area contributed by atoms with Gasteiger partial charge in [-0.15, -0.1) is 0 Å². The van der Waals surface area contributed by atoms with Crippen LogP contribution in [0.4, 0.5) is 0 Å². The maximum absolute atomic E-state index is 11.9. The van der Waals surface area contributed by atoms with Gasteiger partial charge in [-0.1, -0.05) is 27.2 Å². The largest absolute Gasteiger partial charge is 0.396 e. The van der Waals surface area contributed by atoms with Crippen molar-refractivity contribution in [2.75, 3.05) is 19.7 Å². The van der Waals surface area contributed by atoms with E-state index in [1.54, 1.807) is 0 Å². The number of carbonyl (C=O) groups excluding carboxylic acids is 1. The van der Waals surface area contributed by atoms with E-state index in [2.05, 4.69) is 4.90 Å². The second-order valence-electron chi connectivity index (χ2n) is 6.12. The number of ketones is 1. The molecule has 3 nitrogen and oxygen atoms in total. The van der Waals surface area contributed by atoms with E-state index in [4.69, 9.17) is 5.11 Å². The van der Waals surface area contributed by atoms with Gasteiger partial charge in [-0.2, -0.15) is 0 Å². The molecule has 3 heteroatoms. The fourth-order valence-corrected chi connectivity index (χ4v) is 2.45. The van der Waals surface area contributed by atoms with Crippen LogP contribution in [0.5, 0.6) is 0 Å². The number of carbonyl (C=O) groups is 1. The van der Waals surface area contributed by atoms with Crippen molar-refractivity contribution in [1.29, 1.82) is 0 Å². The second kappa shape index (κ2) is 6.50. The third-order valence-corrected chi connectivity index (χ3v) is 3.67. The van der Waals surface area contributed by atoms with Crippen molar-refractivity contribution in [2.24, 2.45) is 5.41 Å². The molecule has 1 heterocycles. The van der Waals surface area contributed by atoms with Crippen molar-refractivity contribution >= 4 is 5.78 Å². The first-order chi connectivity index (χ1) is 7.95. The number of aliphatic hydroxyl groups is 1. The van der Waals surface area contributed by atoms with E-state index < -0.39 is 0 Å². The molecule has 1 rings (SSSR count). The van der Waals surface area contributed by atoms with Crippen LogP contribution in [-0.4, -0.2) is 41.5 Å². The molecule has 1 unspecified atom stereocenters. The number of rotatable bonds is 5. The van der Waals surface area contributed by atoms with Crippen molar-refractivity contribution < 1.29 is 9.90 Å². The van der Waals surface area contributed by atoms with Crippen molar-refractivity contribution in [3.05, 3.63) is 0 Å². The maximum atomic E-state index is 11.9. The van der Waals surface area contributed by atoms with Gasteiger partial charge < -0.3 is 5.11 Å². The Bertz CT molecular complexity index is 243. The predicted molar refractivity (Wildman–Crippen MR) is 70.0 cm³/mol. The predicted octanol–water partition coefficient (Wildman–Crippen LogP) is 2.23. The van der Waals surface area contributed by atoms with Crippen LogP contribution >= 0.6 is 0 Å². The minimum Gasteiger partial charge on any atom is -0.396 e. The zero-order valence-corrected chi connectivity index (χ0v) is 11.5. The van der Waals surface area contributed by atoms with Crippen LogP contribution in [0.2, 0.25) is 0 Å². The molecule has 1 atom stereocenters. The molecule has 0 saturated carbocycles. The lowest BCUT2D eigenvalue weighted by Gasteiger charge is -2.35. The molecule has 100 valence electrons. The summed E-state index contributed by atoms with van der Waals surface area (Å²) >= 11 is 0. The topological polar surface area (TPSA) is 40.5 Å². The normalized spacial score (nSPS) is 22.7. The molecule has 0 radical (unpaired) electrons. The number of likely N-dealkylation sites (tertiary alicyclic amines) is 1. The van der Waals surface area contributed by atoms with Gasteiger partial charge in [0.1, 0.15) is 5.78 Å². The van der Waals surface area contributed by atoms with Crippen molar-refractivity contribution in [3.63, 3.8) is 0 Å². The molecular formula is C14H27NO2. The van der Waals surface area contributed by atoms with Gasteiger partial charge >= 0.3 is 0 Å². The van der Waals surface area contributed by atoms with Gasteiger partial charge in [0.15, 0.2) is 0 Å². The number of aliphatic hydroxyl groups excluding tert-OH is 1. The minimum absolute atomic E-state index is 0.220. The lowest BCUT2D eigenvalue weighted by molar-refractivity contribution is -0.126. The summed E-state index contributed by atoms with van der Waals surface area (Å²) in [4.78, 5) is 14.3. The fraction of sp³-hybridized carbons (Fsp3) is 0.929. The van der Waals surface area contributed by atoms with Crippen LogP contribution in [0.1, 0.15) is 52.9 Å². The molecule has 1 aliphatic heterocycles. The highest BCUT2D eigenvalue weighted by Gasteiger charge is 2.25. The smallest absolute Gasteiger partial charge is 0.139 e. The average Bonchev–Trinajstić information content (AvgIpc) is 2.26. The van der Waals surface area contributed by atoms with E-state index in [-0.39, 0.29) is 12.0 Å². The van der Waals surface area contributed by atoms with E-state index in [9.17, 15) is 4.79 Å². The molecule has 0 aromatic rings. The fourth-order valence-electron chi connectivity index (χ4n) is 2.45. The Hall–Kier alpha value is -0.410. The number of piperidine rings is 1. The molecule has 1 saturated heterocycles. The summed E-state index contributed by atoms with van der Waals surface area (Å²) in [5, 5.41) is 9.05. The molecule has 0 aromatic heterocycles. The zero-order valence-electron chi connectivity index (χ0n) is 11.5. The van der Waals surface area contributed by atoms with Crippen LogP contribution in [0, 0.1) is 5.41 Å². The Morgan fingerprint density at radius 1 is 1.35 bits per heavy atom. The van der Waals surface area contributed by atoms with Crippen LogP contribution < -0.4 is 0 Å². The summed E-state index contributed by atoms with van der Waals surface area (Å²) in [5.41, 5.74) is -0.220. The molecular weight excluding hydrogens is 214 g/mol. The van der Waals surface area contributed by atoms with Gasteiger partial charge in [0, 0.05) is 31.0 Å². The van der Waals surface area contributed by atoms with E-state index in [1.807, 2.05) is 20.8 Å². The SMILES string of the molecule is CC(C)(C)C(=O)CCN1CCCCC1CCO. The first kappa shape index (κ1) is 14.7. The van der Waals surface area contributed by atoms with E-state index in [0.29, 0.717) is 18.2 Å². The number of Topliss-reactive ketones (excluding diaryl/α,β-unsaturated/α-hetero) is 1. The van der Waals surface area contributed by atoms with E-state index in [1.165, 1.54) is 19.3 Å². The summed E-state index contributed by atoms with van der Waals surface area (Å²) < 4.78 is 0. The van der Waals surface area contributed by atoms with E-state index >= 15 is 0 Å². The Kier molecular flexibility index (Phi) is 5.60. The highest BCUT2D eigenvalue weighted by molar-refractivity contribution is 5.83. The Morgan fingerprint density at radius 3 is 2.65 bits per heavy atom. The summed E-state index contributed by atoms with van der Waals surface area (Å²) in [6, 6.07) is 0.488. The molecule has 1 N–H and O–H groups in total. The summed E-state index contributed by atoms with van der Waals surface area (Å²) in [6.07, 6.45) is 5.15. The number of hydrogen-bond acceptors (Lipinski definition) is 3. The van der Waals surface area contributed by atoms with Crippen LogP contribution in [0.15, 0.2) is 0 Å². The highest BCUT2D eigenvalue weighted by Crippen LogP contribution is 2.22. The highest BCUT2D eigenvalue weighted by atomic mass is 16.3. The average molecular weight is 241 g/mol. The molecule has 0 aliphatic carbocycles. The van der Waals surface area contributed by atoms with Gasteiger partial charge in [0.05, 0.1) is 0 Å². The molecule has 0 aromatic carbocycles. The van der Waals surface area contributed by atoms with Gasteiger partial charge in [-0.25, -0.2) is 0 Å². The zero-order chi connectivity index (χ0) is 12.9. The standard InChI is InChI=1S/C14H27NO2/c1-14(2,3)13(17)7-10-15-9-5-4-6-12(15)8-11-16/h12,16H,4-11H2,1-3H3. The number of nitrogens with zero attached hydrogens (tertiary/aromatic N) is 1. The van der Waals surface area contributed by atoms with Gasteiger partial charge in [-0.3, -0.25) is 9.69 Å². The second-order valence-corrected chi connectivity index (χ2v) is 6.12. The number of hydrogen-bond donors (Lipinski definition) is 1. The first-order valence-electron chi connectivity index (χ1n) is 6.83. The van der Waals surface area contributed by atoms with Crippen LogP contribution in [0.25, 0.3) is 0 Å². The van der Waals surface area contributed by atoms with Crippen molar-refractivity contribution in [3.8, 4) is 0 Å². The van der Waals surface area contributed by atoms with Crippen LogP contribution in [-0.2, 0) is 4.79 Å². The molecule has 0 amide bonds. The van der Waals surface area contributed by atoms with Crippen molar-refractivity contribution in [1.82, 2.24) is 4.90 Å². The molecule has 0 spiro atoms. The molecule has 0 bridgehead atoms. The van der Waals surface area contributed by atoms with Crippen LogP contribution in [0.3, 0.4) is 0 Å².